The summed E-state index contributed by atoms with van der Waals surface area (Å²) in [5.41, 5.74) is 2.33. The lowest BCUT2D eigenvalue weighted by Gasteiger charge is -2.09. The average molecular weight is 367 g/mol. The van der Waals surface area contributed by atoms with Gasteiger partial charge in [0.15, 0.2) is 0 Å². The summed E-state index contributed by atoms with van der Waals surface area (Å²) in [6, 6.07) is 15.5. The number of carbonyl (C=O) groups excluding carboxylic acids is 1. The molecule has 3 aromatic rings. The van der Waals surface area contributed by atoms with E-state index in [1.54, 1.807) is 36.4 Å². The zero-order valence-electron chi connectivity index (χ0n) is 13.3. The molecule has 2 amide bonds. The summed E-state index contributed by atoms with van der Waals surface area (Å²) >= 11 is 6.01. The average Bonchev–Trinajstić information content (AvgIpc) is 2.62. The molecule has 2 aromatic carbocycles. The van der Waals surface area contributed by atoms with Crippen LogP contribution in [0.25, 0.3) is 11.3 Å². The van der Waals surface area contributed by atoms with E-state index in [1.165, 1.54) is 24.4 Å². The van der Waals surface area contributed by atoms with Crippen molar-refractivity contribution in [2.75, 3.05) is 10.6 Å². The Labute approximate surface area is 154 Å². The van der Waals surface area contributed by atoms with Crippen LogP contribution in [0.4, 0.5) is 20.6 Å². The predicted molar refractivity (Wildman–Crippen MR) is 98.4 cm³/mol. The Morgan fingerprint density at radius 3 is 2.50 bits per heavy atom. The van der Waals surface area contributed by atoms with Gasteiger partial charge in [0, 0.05) is 23.1 Å². The molecule has 0 aliphatic rings. The molecule has 26 heavy (non-hydrogen) atoms. The Balaban J connectivity index is 1.73. The van der Waals surface area contributed by atoms with Crippen LogP contribution in [-0.2, 0) is 0 Å². The third-order valence-corrected chi connectivity index (χ3v) is 3.83. The first-order valence-electron chi connectivity index (χ1n) is 7.55. The van der Waals surface area contributed by atoms with Crippen LogP contribution in [0.1, 0.15) is 5.56 Å². The molecule has 0 spiro atoms. The van der Waals surface area contributed by atoms with Gasteiger partial charge in [-0.25, -0.2) is 9.18 Å². The van der Waals surface area contributed by atoms with E-state index in [0.717, 1.165) is 0 Å². The standard InChI is InChI=1S/C19H12ClFN4O/c20-17-8-9-23-18(16(17)11-22)12-4-6-14(7-5-12)24-19(26)25-15-3-1-2-13(21)10-15/h1-10H,(H2,24,25,26). The molecule has 3 rings (SSSR count). The maximum absolute atomic E-state index is 13.1. The van der Waals surface area contributed by atoms with E-state index >= 15 is 0 Å². The van der Waals surface area contributed by atoms with Gasteiger partial charge in [-0.3, -0.25) is 4.98 Å². The van der Waals surface area contributed by atoms with E-state index < -0.39 is 11.8 Å². The molecule has 0 bridgehead atoms. The molecule has 128 valence electrons. The maximum atomic E-state index is 13.1. The van der Waals surface area contributed by atoms with Crippen molar-refractivity contribution in [3.8, 4) is 17.3 Å². The molecule has 0 aliphatic heterocycles. The van der Waals surface area contributed by atoms with Crippen LogP contribution in [0, 0.1) is 17.1 Å². The summed E-state index contributed by atoms with van der Waals surface area (Å²) < 4.78 is 13.1. The Morgan fingerprint density at radius 1 is 1.08 bits per heavy atom. The minimum atomic E-state index is -0.498. The van der Waals surface area contributed by atoms with Crippen molar-refractivity contribution < 1.29 is 9.18 Å². The Bertz CT molecular complexity index is 999. The number of urea groups is 1. The van der Waals surface area contributed by atoms with E-state index in [9.17, 15) is 14.4 Å². The third kappa shape index (κ3) is 3.97. The first-order chi connectivity index (χ1) is 12.6. The molecule has 0 saturated heterocycles. The normalized spacial score (nSPS) is 10.0. The molecular formula is C19H12ClFN4O. The van der Waals surface area contributed by atoms with Crippen molar-refractivity contribution >= 4 is 29.0 Å². The number of carbonyl (C=O) groups is 1. The van der Waals surface area contributed by atoms with Crippen molar-refractivity contribution in [3.63, 3.8) is 0 Å². The molecule has 0 atom stereocenters. The van der Waals surface area contributed by atoms with Gasteiger partial charge in [0.05, 0.1) is 16.3 Å². The number of amides is 2. The molecule has 1 heterocycles. The number of benzene rings is 2. The zero-order chi connectivity index (χ0) is 18.5. The first kappa shape index (κ1) is 17.4. The highest BCUT2D eigenvalue weighted by molar-refractivity contribution is 6.32. The van der Waals surface area contributed by atoms with Gasteiger partial charge in [0.25, 0.3) is 0 Å². The topological polar surface area (TPSA) is 77.8 Å². The van der Waals surface area contributed by atoms with Gasteiger partial charge in [-0.2, -0.15) is 5.26 Å². The van der Waals surface area contributed by atoms with Crippen LogP contribution in [0.3, 0.4) is 0 Å². The molecule has 1 aromatic heterocycles. The quantitative estimate of drug-likeness (QED) is 0.680. The summed E-state index contributed by atoms with van der Waals surface area (Å²) in [6.07, 6.45) is 1.52. The fourth-order valence-corrected chi connectivity index (χ4v) is 2.52. The van der Waals surface area contributed by atoms with E-state index in [2.05, 4.69) is 15.6 Å². The van der Waals surface area contributed by atoms with Gasteiger partial charge < -0.3 is 10.6 Å². The number of aromatic nitrogens is 1. The van der Waals surface area contributed by atoms with Crippen LogP contribution < -0.4 is 10.6 Å². The second kappa shape index (κ2) is 7.64. The molecule has 0 saturated carbocycles. The lowest BCUT2D eigenvalue weighted by atomic mass is 10.1. The summed E-state index contributed by atoms with van der Waals surface area (Å²) in [5, 5.41) is 14.7. The second-order valence-electron chi connectivity index (χ2n) is 5.30. The van der Waals surface area contributed by atoms with Crippen molar-refractivity contribution in [1.29, 1.82) is 5.26 Å². The number of nitriles is 1. The number of anilines is 2. The third-order valence-electron chi connectivity index (χ3n) is 3.51. The fraction of sp³-hybridized carbons (Fsp3) is 0. The van der Waals surface area contributed by atoms with E-state index in [4.69, 9.17) is 11.6 Å². The summed E-state index contributed by atoms with van der Waals surface area (Å²) in [5.74, 6) is -0.436. The van der Waals surface area contributed by atoms with E-state index in [1.807, 2.05) is 6.07 Å². The number of rotatable bonds is 3. The van der Waals surface area contributed by atoms with Gasteiger partial charge in [-0.05, 0) is 36.4 Å². The monoisotopic (exact) mass is 366 g/mol. The SMILES string of the molecule is N#Cc1c(Cl)ccnc1-c1ccc(NC(=O)Nc2cccc(F)c2)cc1. The highest BCUT2D eigenvalue weighted by Crippen LogP contribution is 2.27. The maximum Gasteiger partial charge on any atom is 0.323 e. The number of nitrogens with one attached hydrogen (secondary N) is 2. The largest absolute Gasteiger partial charge is 0.323 e. The fourth-order valence-electron chi connectivity index (χ4n) is 2.33. The van der Waals surface area contributed by atoms with Crippen LogP contribution in [0.5, 0.6) is 0 Å². The summed E-state index contributed by atoms with van der Waals surface area (Å²) in [7, 11) is 0. The van der Waals surface area contributed by atoms with Crippen LogP contribution in [0.15, 0.2) is 60.8 Å². The molecule has 5 nitrogen and oxygen atoms in total. The predicted octanol–water partition coefficient (Wildman–Crippen LogP) is 5.06. The smallest absolute Gasteiger partial charge is 0.308 e. The van der Waals surface area contributed by atoms with Crippen molar-refractivity contribution in [2.45, 2.75) is 0 Å². The van der Waals surface area contributed by atoms with Gasteiger partial charge in [-0.15, -0.1) is 0 Å². The van der Waals surface area contributed by atoms with Gasteiger partial charge >= 0.3 is 6.03 Å². The highest BCUT2D eigenvalue weighted by atomic mass is 35.5. The molecule has 0 radical (unpaired) electrons. The van der Waals surface area contributed by atoms with Crippen molar-refractivity contribution in [2.24, 2.45) is 0 Å². The van der Waals surface area contributed by atoms with Crippen LogP contribution in [-0.4, -0.2) is 11.0 Å². The number of hydrogen-bond acceptors (Lipinski definition) is 3. The highest BCUT2D eigenvalue weighted by Gasteiger charge is 2.10. The number of halogens is 2. The Kier molecular flexibility index (Phi) is 5.11. The van der Waals surface area contributed by atoms with Gasteiger partial charge in [0.2, 0.25) is 0 Å². The molecule has 0 aliphatic carbocycles. The lowest BCUT2D eigenvalue weighted by molar-refractivity contribution is 0.262. The number of pyridine rings is 1. The Hall–Kier alpha value is -3.43. The van der Waals surface area contributed by atoms with E-state index in [-0.39, 0.29) is 0 Å². The molecular weight excluding hydrogens is 355 g/mol. The molecule has 2 N–H and O–H groups in total. The number of nitrogens with zero attached hydrogens (tertiary/aromatic N) is 2. The number of hydrogen-bond donors (Lipinski definition) is 2. The Morgan fingerprint density at radius 2 is 1.81 bits per heavy atom. The molecule has 0 fully saturated rings. The first-order valence-corrected chi connectivity index (χ1v) is 7.93. The van der Waals surface area contributed by atoms with Crippen LogP contribution >= 0.6 is 11.6 Å². The summed E-state index contributed by atoms with van der Waals surface area (Å²) in [6.45, 7) is 0. The van der Waals surface area contributed by atoms with Crippen molar-refractivity contribution in [1.82, 2.24) is 4.98 Å². The molecule has 7 heteroatoms. The van der Waals surface area contributed by atoms with Gasteiger partial charge in [-0.1, -0.05) is 29.8 Å². The van der Waals surface area contributed by atoms with Crippen LogP contribution in [0.2, 0.25) is 5.02 Å². The minimum absolute atomic E-state index is 0.290. The van der Waals surface area contributed by atoms with E-state index in [0.29, 0.717) is 33.2 Å². The lowest BCUT2D eigenvalue weighted by Crippen LogP contribution is -2.19. The molecule has 0 unspecified atom stereocenters. The van der Waals surface area contributed by atoms with Gasteiger partial charge in [0.1, 0.15) is 11.9 Å². The zero-order valence-corrected chi connectivity index (χ0v) is 14.1. The summed E-state index contributed by atoms with van der Waals surface area (Å²) in [4.78, 5) is 16.2. The second-order valence-corrected chi connectivity index (χ2v) is 5.70. The minimum Gasteiger partial charge on any atom is -0.308 e. The van der Waals surface area contributed by atoms with Crippen molar-refractivity contribution in [3.05, 3.63) is 77.2 Å².